The average Bonchev–Trinajstić information content (AvgIpc) is 3.23. The Morgan fingerprint density at radius 1 is 0.979 bits per heavy atom. The summed E-state index contributed by atoms with van der Waals surface area (Å²) in [5.74, 6) is -0.359. The van der Waals surface area contributed by atoms with Crippen LogP contribution in [0.15, 0.2) is 52.3 Å². The summed E-state index contributed by atoms with van der Waals surface area (Å²) in [4.78, 5) is 12.9. The van der Waals surface area contributed by atoms with Gasteiger partial charge in [0, 0.05) is 23.5 Å². The first kappa shape index (κ1) is 37.0. The van der Waals surface area contributed by atoms with Gasteiger partial charge in [-0.15, -0.1) is 0 Å². The molecule has 0 atom stereocenters. The molecule has 1 saturated carbocycles. The summed E-state index contributed by atoms with van der Waals surface area (Å²) in [7, 11) is -7.93. The number of aromatic nitrogens is 1. The third kappa shape index (κ3) is 8.60. The lowest BCUT2D eigenvalue weighted by Crippen LogP contribution is -2.41. The molecule has 47 heavy (non-hydrogen) atoms. The van der Waals surface area contributed by atoms with E-state index in [0.29, 0.717) is 23.2 Å². The minimum atomic E-state index is -5.01. The Labute approximate surface area is 280 Å². The summed E-state index contributed by atoms with van der Waals surface area (Å²) in [6, 6.07) is 9.09. The van der Waals surface area contributed by atoms with Gasteiger partial charge in [0.05, 0.1) is 26.7 Å². The fraction of sp³-hybridized carbons (Fsp3) is 0.485. The highest BCUT2D eigenvalue weighted by Crippen LogP contribution is 2.39. The SMILES string of the molecule is CCS(=O)(=O)c1ccc(CNC(=O)c2c(C)c(CC3CCCCC3)n(-c3ccc(S(=O)(=O)NC(C)(C)C)c(C(F)(F)F)c3)c2Cl)cc1. The van der Waals surface area contributed by atoms with Gasteiger partial charge in [-0.05, 0) is 81.5 Å². The smallest absolute Gasteiger partial charge is 0.348 e. The second-order valence-electron chi connectivity index (χ2n) is 13.0. The minimum absolute atomic E-state index is 0.0160. The van der Waals surface area contributed by atoms with Crippen molar-refractivity contribution in [3.63, 3.8) is 0 Å². The molecule has 14 heteroatoms. The third-order valence-corrected chi connectivity index (χ3v) is 12.2. The highest BCUT2D eigenvalue weighted by Gasteiger charge is 2.39. The fourth-order valence-corrected chi connectivity index (χ4v) is 8.90. The molecule has 1 amide bonds. The average molecular weight is 716 g/mol. The number of nitrogens with zero attached hydrogens (tertiary/aromatic N) is 1. The predicted molar refractivity (Wildman–Crippen MR) is 176 cm³/mol. The summed E-state index contributed by atoms with van der Waals surface area (Å²) in [5.41, 5.74) is -0.553. The maximum Gasteiger partial charge on any atom is 0.417 e. The van der Waals surface area contributed by atoms with Gasteiger partial charge in [-0.25, -0.2) is 21.6 Å². The molecule has 0 unspecified atom stereocenters. The van der Waals surface area contributed by atoms with Crippen LogP contribution in [0.4, 0.5) is 13.2 Å². The van der Waals surface area contributed by atoms with Gasteiger partial charge in [0.2, 0.25) is 10.0 Å². The fourth-order valence-electron chi connectivity index (χ4n) is 5.96. The molecule has 0 spiro atoms. The van der Waals surface area contributed by atoms with Crippen molar-refractivity contribution in [1.29, 1.82) is 0 Å². The lowest BCUT2D eigenvalue weighted by atomic mass is 9.85. The molecule has 3 aromatic rings. The van der Waals surface area contributed by atoms with Crippen molar-refractivity contribution in [3.8, 4) is 5.69 Å². The molecule has 2 aromatic carbocycles. The van der Waals surface area contributed by atoms with E-state index in [-0.39, 0.29) is 39.5 Å². The van der Waals surface area contributed by atoms with E-state index in [1.807, 2.05) is 0 Å². The normalized spacial score (nSPS) is 15.2. The second kappa shape index (κ2) is 13.9. The van der Waals surface area contributed by atoms with Gasteiger partial charge >= 0.3 is 6.18 Å². The van der Waals surface area contributed by atoms with Crippen molar-refractivity contribution < 1.29 is 34.8 Å². The van der Waals surface area contributed by atoms with Gasteiger partial charge in [-0.1, -0.05) is 62.8 Å². The molecule has 1 heterocycles. The number of alkyl halides is 3. The molecule has 0 bridgehead atoms. The molecule has 0 saturated heterocycles. The third-order valence-electron chi connectivity index (χ3n) is 8.29. The van der Waals surface area contributed by atoms with Gasteiger partial charge in [0.1, 0.15) is 5.15 Å². The van der Waals surface area contributed by atoms with E-state index in [0.717, 1.165) is 44.2 Å². The molecule has 1 aliphatic carbocycles. The quantitative estimate of drug-likeness (QED) is 0.227. The van der Waals surface area contributed by atoms with Crippen molar-refractivity contribution in [1.82, 2.24) is 14.6 Å². The van der Waals surface area contributed by atoms with Gasteiger partial charge in [0.15, 0.2) is 9.84 Å². The van der Waals surface area contributed by atoms with Gasteiger partial charge in [-0.3, -0.25) is 4.79 Å². The zero-order valence-electron chi connectivity index (χ0n) is 27.1. The molecular weight excluding hydrogens is 675 g/mol. The number of sulfonamides is 1. The molecule has 0 aliphatic heterocycles. The van der Waals surface area contributed by atoms with Crippen LogP contribution in [0.2, 0.25) is 5.15 Å². The topological polar surface area (TPSA) is 114 Å². The highest BCUT2D eigenvalue weighted by molar-refractivity contribution is 7.91. The Morgan fingerprint density at radius 2 is 1.60 bits per heavy atom. The molecule has 1 fully saturated rings. The van der Waals surface area contributed by atoms with Crippen LogP contribution in [-0.2, 0) is 39.0 Å². The number of amides is 1. The molecule has 0 radical (unpaired) electrons. The van der Waals surface area contributed by atoms with E-state index < -0.39 is 47.9 Å². The van der Waals surface area contributed by atoms with Crippen molar-refractivity contribution in [2.75, 3.05) is 5.75 Å². The van der Waals surface area contributed by atoms with Crippen molar-refractivity contribution in [3.05, 3.63) is 75.6 Å². The number of rotatable bonds is 10. The molecule has 2 N–H and O–H groups in total. The molecular formula is C33H41ClF3N3O5S2. The van der Waals surface area contributed by atoms with Gasteiger partial charge < -0.3 is 9.88 Å². The van der Waals surface area contributed by atoms with Crippen molar-refractivity contribution in [2.45, 2.75) is 101 Å². The number of hydrogen-bond donors (Lipinski definition) is 2. The summed E-state index contributed by atoms with van der Waals surface area (Å²) >= 11 is 6.86. The Hall–Kier alpha value is -2.87. The van der Waals surface area contributed by atoms with Gasteiger partial charge in [-0.2, -0.15) is 13.2 Å². The molecule has 1 aromatic heterocycles. The highest BCUT2D eigenvalue weighted by atomic mass is 35.5. The number of benzene rings is 2. The number of halogens is 4. The molecule has 1 aliphatic rings. The Bertz CT molecular complexity index is 1840. The number of hydrogen-bond acceptors (Lipinski definition) is 5. The van der Waals surface area contributed by atoms with Crippen molar-refractivity contribution in [2.24, 2.45) is 5.92 Å². The van der Waals surface area contributed by atoms with Crippen LogP contribution in [0.25, 0.3) is 5.69 Å². The Balaban J connectivity index is 1.77. The summed E-state index contributed by atoms with van der Waals surface area (Å²) < 4.78 is 97.4. The lowest BCUT2D eigenvalue weighted by molar-refractivity contribution is -0.139. The van der Waals surface area contributed by atoms with Crippen LogP contribution in [-0.4, -0.2) is 38.6 Å². The molecule has 258 valence electrons. The van der Waals surface area contributed by atoms with E-state index in [1.54, 1.807) is 26.0 Å². The van der Waals surface area contributed by atoms with Crippen molar-refractivity contribution >= 4 is 37.4 Å². The first-order valence-electron chi connectivity index (χ1n) is 15.5. The second-order valence-corrected chi connectivity index (χ2v) is 17.3. The van der Waals surface area contributed by atoms with Crippen LogP contribution in [0.5, 0.6) is 0 Å². The van der Waals surface area contributed by atoms with Crippen LogP contribution >= 0.6 is 11.6 Å². The van der Waals surface area contributed by atoms with Crippen LogP contribution < -0.4 is 10.0 Å². The number of sulfone groups is 1. The predicted octanol–water partition coefficient (Wildman–Crippen LogP) is 7.38. The zero-order chi connectivity index (χ0) is 34.9. The zero-order valence-corrected chi connectivity index (χ0v) is 29.5. The lowest BCUT2D eigenvalue weighted by Gasteiger charge is -2.24. The minimum Gasteiger partial charge on any atom is -0.348 e. The van der Waals surface area contributed by atoms with E-state index in [9.17, 15) is 34.8 Å². The molecule has 8 nitrogen and oxygen atoms in total. The summed E-state index contributed by atoms with van der Waals surface area (Å²) in [6.45, 7) is 7.90. The van der Waals surface area contributed by atoms with Crippen LogP contribution in [0.3, 0.4) is 0 Å². The largest absolute Gasteiger partial charge is 0.417 e. The molecule has 4 rings (SSSR count). The monoisotopic (exact) mass is 715 g/mol. The summed E-state index contributed by atoms with van der Waals surface area (Å²) in [6.07, 6.45) is 0.462. The standard InChI is InChI=1S/C33H41ClF3N3O5S2/c1-6-46(42,43)25-15-12-23(13-16-25)20-38-31(41)29-21(2)27(18-22-10-8-7-9-11-22)40(30(29)34)24-14-17-28(26(19-24)33(35,36)37)47(44,45)39-32(3,4)5/h12-17,19,22,39H,6-11,18,20H2,1-5H3,(H,38,41). The van der Waals surface area contributed by atoms with E-state index >= 15 is 0 Å². The maximum absolute atomic E-state index is 14.4. The summed E-state index contributed by atoms with van der Waals surface area (Å²) in [5, 5.41) is 2.71. The van der Waals surface area contributed by atoms with Crippen LogP contribution in [0, 0.1) is 12.8 Å². The van der Waals surface area contributed by atoms with E-state index in [1.165, 1.54) is 43.5 Å². The van der Waals surface area contributed by atoms with E-state index in [4.69, 9.17) is 11.6 Å². The van der Waals surface area contributed by atoms with Gasteiger partial charge in [0.25, 0.3) is 5.91 Å². The number of carbonyl (C=O) groups is 1. The van der Waals surface area contributed by atoms with E-state index in [2.05, 4.69) is 10.0 Å². The Kier molecular flexibility index (Phi) is 11.0. The Morgan fingerprint density at radius 3 is 2.15 bits per heavy atom. The first-order chi connectivity index (χ1) is 21.7. The number of nitrogens with one attached hydrogen (secondary N) is 2. The number of carbonyl (C=O) groups excluding carboxylic acids is 1. The maximum atomic E-state index is 14.4. The van der Waals surface area contributed by atoms with Crippen LogP contribution in [0.1, 0.15) is 92.5 Å². The first-order valence-corrected chi connectivity index (χ1v) is 19.0.